The molecular weight excluding hydrogens is 257 g/mol. The summed E-state index contributed by atoms with van der Waals surface area (Å²) in [6, 6.07) is 12.4. The highest BCUT2D eigenvalue weighted by Gasteiger charge is 2.04. The molecule has 0 aliphatic rings. The molecule has 20 heavy (non-hydrogen) atoms. The molecule has 0 aliphatic heterocycles. The number of benzene rings is 2. The lowest BCUT2D eigenvalue weighted by molar-refractivity contribution is 0.0955. The van der Waals surface area contributed by atoms with Crippen LogP contribution in [0, 0.1) is 5.82 Å². The van der Waals surface area contributed by atoms with Gasteiger partial charge in [-0.3, -0.25) is 4.79 Å². The summed E-state index contributed by atoms with van der Waals surface area (Å²) >= 11 is 0. The minimum absolute atomic E-state index is 0.313. The molecule has 0 spiro atoms. The van der Waals surface area contributed by atoms with E-state index in [0.717, 1.165) is 5.56 Å². The average Bonchev–Trinajstić information content (AvgIpc) is 2.46. The molecule has 0 radical (unpaired) electrons. The first-order valence-electron chi connectivity index (χ1n) is 6.02. The quantitative estimate of drug-likeness (QED) is 0.512. The summed E-state index contributed by atoms with van der Waals surface area (Å²) in [5.41, 5.74) is 10.4. The number of amides is 1. The number of nitrogen functional groups attached to an aromatic ring is 1. The van der Waals surface area contributed by atoms with E-state index in [9.17, 15) is 9.18 Å². The van der Waals surface area contributed by atoms with Crippen LogP contribution in [0.5, 0.6) is 0 Å². The first kappa shape index (κ1) is 13.7. The lowest BCUT2D eigenvalue weighted by Crippen LogP contribution is -2.19. The van der Waals surface area contributed by atoms with Gasteiger partial charge in [-0.25, -0.2) is 9.82 Å². The summed E-state index contributed by atoms with van der Waals surface area (Å²) in [5, 5.41) is 3.99. The fraction of sp³-hybridized carbons (Fsp3) is 0.0667. The van der Waals surface area contributed by atoms with Crippen molar-refractivity contribution in [2.45, 2.75) is 6.92 Å². The van der Waals surface area contributed by atoms with Gasteiger partial charge in [0.1, 0.15) is 5.82 Å². The molecule has 0 fully saturated rings. The number of hydrogen-bond acceptors (Lipinski definition) is 3. The molecular formula is C15H14FN3O. The number of anilines is 1. The van der Waals surface area contributed by atoms with E-state index >= 15 is 0 Å². The molecule has 0 saturated carbocycles. The van der Waals surface area contributed by atoms with E-state index in [4.69, 9.17) is 5.73 Å². The third kappa shape index (κ3) is 3.41. The van der Waals surface area contributed by atoms with Crippen LogP contribution in [0.2, 0.25) is 0 Å². The van der Waals surface area contributed by atoms with Crippen LogP contribution in [0.3, 0.4) is 0 Å². The van der Waals surface area contributed by atoms with Crippen LogP contribution in [0.15, 0.2) is 53.6 Å². The Bertz CT molecular complexity index is 633. The van der Waals surface area contributed by atoms with Gasteiger partial charge in [-0.05, 0) is 48.9 Å². The number of rotatable bonds is 3. The summed E-state index contributed by atoms with van der Waals surface area (Å²) in [5.74, 6) is -0.640. The first-order valence-corrected chi connectivity index (χ1v) is 6.02. The van der Waals surface area contributed by atoms with E-state index < -0.39 is 0 Å². The number of nitrogens with two attached hydrogens (primary N) is 1. The van der Waals surface area contributed by atoms with E-state index in [-0.39, 0.29) is 11.7 Å². The number of nitrogens with zero attached hydrogens (tertiary/aromatic N) is 1. The third-order valence-electron chi connectivity index (χ3n) is 2.76. The second-order valence-electron chi connectivity index (χ2n) is 4.27. The highest BCUT2D eigenvalue weighted by molar-refractivity contribution is 6.00. The summed E-state index contributed by atoms with van der Waals surface area (Å²) in [4.78, 5) is 11.8. The number of carbonyl (C=O) groups excluding carboxylic acids is 1. The van der Waals surface area contributed by atoms with Gasteiger partial charge in [-0.15, -0.1) is 0 Å². The average molecular weight is 271 g/mol. The zero-order valence-electron chi connectivity index (χ0n) is 10.9. The fourth-order valence-electron chi connectivity index (χ4n) is 1.59. The maximum atomic E-state index is 12.8. The van der Waals surface area contributed by atoms with Crippen molar-refractivity contribution in [2.24, 2.45) is 5.10 Å². The van der Waals surface area contributed by atoms with Crippen molar-refractivity contribution in [1.82, 2.24) is 5.43 Å². The molecule has 0 unspecified atom stereocenters. The molecule has 1 amide bonds. The molecule has 0 aliphatic carbocycles. The van der Waals surface area contributed by atoms with Crippen molar-refractivity contribution in [3.63, 3.8) is 0 Å². The van der Waals surface area contributed by atoms with Crippen molar-refractivity contribution in [2.75, 3.05) is 5.73 Å². The van der Waals surface area contributed by atoms with Crippen molar-refractivity contribution < 1.29 is 9.18 Å². The molecule has 0 atom stereocenters. The number of hydrogen-bond donors (Lipinski definition) is 2. The topological polar surface area (TPSA) is 67.5 Å². The van der Waals surface area contributed by atoms with Crippen molar-refractivity contribution in [3.8, 4) is 0 Å². The molecule has 2 rings (SSSR count). The predicted molar refractivity (Wildman–Crippen MR) is 76.9 cm³/mol. The lowest BCUT2D eigenvalue weighted by Gasteiger charge is -2.03. The second kappa shape index (κ2) is 5.97. The monoisotopic (exact) mass is 271 g/mol. The Morgan fingerprint density at radius 2 is 1.60 bits per heavy atom. The Labute approximate surface area is 116 Å². The second-order valence-corrected chi connectivity index (χ2v) is 4.27. The maximum absolute atomic E-state index is 12.8. The maximum Gasteiger partial charge on any atom is 0.271 e. The van der Waals surface area contributed by atoms with E-state index in [1.54, 1.807) is 43.3 Å². The molecule has 2 aromatic carbocycles. The van der Waals surface area contributed by atoms with Gasteiger partial charge < -0.3 is 5.73 Å². The van der Waals surface area contributed by atoms with Gasteiger partial charge in [0.25, 0.3) is 5.91 Å². The Hall–Kier alpha value is -2.69. The Balaban J connectivity index is 2.06. The predicted octanol–water partition coefficient (Wildman–Crippen LogP) is 2.56. The molecule has 4 nitrogen and oxygen atoms in total. The van der Waals surface area contributed by atoms with Gasteiger partial charge in [0.15, 0.2) is 0 Å². The van der Waals surface area contributed by atoms with Gasteiger partial charge in [-0.1, -0.05) is 12.1 Å². The summed E-state index contributed by atoms with van der Waals surface area (Å²) in [6.45, 7) is 1.73. The van der Waals surface area contributed by atoms with Gasteiger partial charge in [0.05, 0.1) is 5.71 Å². The molecule has 0 aromatic heterocycles. The van der Waals surface area contributed by atoms with Gasteiger partial charge in [0, 0.05) is 11.3 Å². The smallest absolute Gasteiger partial charge is 0.271 e. The van der Waals surface area contributed by atoms with Crippen molar-refractivity contribution in [1.29, 1.82) is 0 Å². The summed E-state index contributed by atoms with van der Waals surface area (Å²) in [6.07, 6.45) is 0. The zero-order valence-corrected chi connectivity index (χ0v) is 10.9. The van der Waals surface area contributed by atoms with Gasteiger partial charge in [-0.2, -0.15) is 5.10 Å². The SMILES string of the molecule is C/C(=N\NC(=O)c1ccc(N)cc1)c1ccc(F)cc1. The highest BCUT2D eigenvalue weighted by Crippen LogP contribution is 2.06. The summed E-state index contributed by atoms with van der Waals surface area (Å²) < 4.78 is 12.8. The van der Waals surface area contributed by atoms with Crippen LogP contribution in [0.4, 0.5) is 10.1 Å². The molecule has 102 valence electrons. The van der Waals surface area contributed by atoms with Crippen molar-refractivity contribution >= 4 is 17.3 Å². The fourth-order valence-corrected chi connectivity index (χ4v) is 1.59. The molecule has 2 aromatic rings. The van der Waals surface area contributed by atoms with Crippen LogP contribution in [0.25, 0.3) is 0 Å². The Kier molecular flexibility index (Phi) is 4.10. The van der Waals surface area contributed by atoms with Crippen LogP contribution >= 0.6 is 0 Å². The molecule has 0 heterocycles. The van der Waals surface area contributed by atoms with Gasteiger partial charge in [0.2, 0.25) is 0 Å². The molecule has 5 heteroatoms. The zero-order chi connectivity index (χ0) is 14.5. The molecule has 0 saturated heterocycles. The van der Waals surface area contributed by atoms with E-state index in [1.807, 2.05) is 0 Å². The van der Waals surface area contributed by atoms with Crippen LogP contribution in [-0.4, -0.2) is 11.6 Å². The minimum atomic E-state index is -0.327. The molecule has 0 bridgehead atoms. The highest BCUT2D eigenvalue weighted by atomic mass is 19.1. The number of nitrogens with one attached hydrogen (secondary N) is 1. The Morgan fingerprint density at radius 1 is 1.05 bits per heavy atom. The normalized spacial score (nSPS) is 11.2. The molecule has 3 N–H and O–H groups in total. The van der Waals surface area contributed by atoms with Crippen LogP contribution < -0.4 is 11.2 Å². The van der Waals surface area contributed by atoms with E-state index in [0.29, 0.717) is 17.0 Å². The van der Waals surface area contributed by atoms with Crippen LogP contribution in [-0.2, 0) is 0 Å². The number of hydrazone groups is 1. The number of halogens is 1. The Morgan fingerprint density at radius 3 is 2.20 bits per heavy atom. The van der Waals surface area contributed by atoms with Crippen LogP contribution in [0.1, 0.15) is 22.8 Å². The van der Waals surface area contributed by atoms with Gasteiger partial charge >= 0.3 is 0 Å². The van der Waals surface area contributed by atoms with E-state index in [2.05, 4.69) is 10.5 Å². The number of carbonyl (C=O) groups is 1. The third-order valence-corrected chi connectivity index (χ3v) is 2.76. The van der Waals surface area contributed by atoms with Crippen molar-refractivity contribution in [3.05, 3.63) is 65.5 Å². The standard InChI is InChI=1S/C15H14FN3O/c1-10(11-2-6-13(16)7-3-11)18-19-15(20)12-4-8-14(17)9-5-12/h2-9H,17H2,1H3,(H,19,20)/b18-10+. The largest absolute Gasteiger partial charge is 0.399 e. The summed E-state index contributed by atoms with van der Waals surface area (Å²) in [7, 11) is 0. The lowest BCUT2D eigenvalue weighted by atomic mass is 10.1. The first-order chi connectivity index (χ1) is 9.56. The minimum Gasteiger partial charge on any atom is -0.399 e. The van der Waals surface area contributed by atoms with E-state index in [1.165, 1.54) is 12.1 Å².